The third kappa shape index (κ3) is 6.60. The lowest BCUT2D eigenvalue weighted by Gasteiger charge is -2.26. The van der Waals surface area contributed by atoms with Crippen LogP contribution in [0.3, 0.4) is 0 Å². The fraction of sp³-hybridized carbons (Fsp3) is 0.938. The van der Waals surface area contributed by atoms with Gasteiger partial charge in [0.15, 0.2) is 0 Å². The average molecular weight is 284 g/mol. The van der Waals surface area contributed by atoms with Crippen molar-refractivity contribution in [3.05, 3.63) is 0 Å². The van der Waals surface area contributed by atoms with Crippen LogP contribution in [0.15, 0.2) is 0 Å². The number of carbonyl (C=O) groups is 1. The Morgan fingerprint density at radius 1 is 1.35 bits per heavy atom. The minimum absolute atomic E-state index is 0.0611. The number of unbranched alkanes of at least 4 members (excludes halogenated alkanes) is 3. The van der Waals surface area contributed by atoms with Gasteiger partial charge >= 0.3 is 6.03 Å². The predicted molar refractivity (Wildman–Crippen MR) is 83.0 cm³/mol. The Kier molecular flexibility index (Phi) is 8.67. The topological polar surface area (TPSA) is 41.6 Å². The second-order valence-electron chi connectivity index (χ2n) is 5.87. The Balaban J connectivity index is 2.23. The molecule has 0 aromatic carbocycles. The molecule has 20 heavy (non-hydrogen) atoms. The fourth-order valence-corrected chi connectivity index (χ4v) is 2.64. The molecule has 1 N–H and O–H groups in total. The van der Waals surface area contributed by atoms with Crippen molar-refractivity contribution < 1.29 is 9.53 Å². The van der Waals surface area contributed by atoms with Crippen molar-refractivity contribution in [3.63, 3.8) is 0 Å². The number of nitrogens with zero attached hydrogens (tertiary/aromatic N) is 1. The van der Waals surface area contributed by atoms with E-state index in [-0.39, 0.29) is 18.2 Å². The SMILES string of the molecule is CCCCCCC(C)NC(=O)N(CC)CC1CCCO1. The van der Waals surface area contributed by atoms with Crippen LogP contribution >= 0.6 is 0 Å². The molecule has 1 aliphatic rings. The van der Waals surface area contributed by atoms with E-state index < -0.39 is 0 Å². The Hall–Kier alpha value is -0.770. The molecule has 0 aliphatic carbocycles. The van der Waals surface area contributed by atoms with Gasteiger partial charge < -0.3 is 15.0 Å². The van der Waals surface area contributed by atoms with Crippen LogP contribution in [0.1, 0.15) is 65.7 Å². The van der Waals surface area contributed by atoms with Crippen molar-refractivity contribution in [1.29, 1.82) is 0 Å². The zero-order valence-electron chi connectivity index (χ0n) is 13.5. The van der Waals surface area contributed by atoms with Gasteiger partial charge in [0.2, 0.25) is 0 Å². The second-order valence-corrected chi connectivity index (χ2v) is 5.87. The highest BCUT2D eigenvalue weighted by Gasteiger charge is 2.22. The van der Waals surface area contributed by atoms with Gasteiger partial charge in [-0.15, -0.1) is 0 Å². The van der Waals surface area contributed by atoms with E-state index in [0.29, 0.717) is 0 Å². The van der Waals surface area contributed by atoms with E-state index in [9.17, 15) is 4.79 Å². The van der Waals surface area contributed by atoms with Crippen molar-refractivity contribution in [2.24, 2.45) is 0 Å². The van der Waals surface area contributed by atoms with Crippen molar-refractivity contribution in [1.82, 2.24) is 10.2 Å². The molecular weight excluding hydrogens is 252 g/mol. The van der Waals surface area contributed by atoms with E-state index in [4.69, 9.17) is 4.74 Å². The lowest BCUT2D eigenvalue weighted by atomic mass is 10.1. The Bertz CT molecular complexity index is 265. The van der Waals surface area contributed by atoms with Gasteiger partial charge in [-0.1, -0.05) is 32.6 Å². The lowest BCUT2D eigenvalue weighted by molar-refractivity contribution is 0.0821. The molecule has 2 amide bonds. The summed E-state index contributed by atoms with van der Waals surface area (Å²) in [6.07, 6.45) is 8.53. The molecule has 1 heterocycles. The maximum Gasteiger partial charge on any atom is 0.317 e. The Morgan fingerprint density at radius 3 is 2.75 bits per heavy atom. The molecule has 0 saturated carbocycles. The molecule has 1 saturated heterocycles. The predicted octanol–water partition coefficient (Wildman–Crippen LogP) is 3.56. The quantitative estimate of drug-likeness (QED) is 0.658. The molecular formula is C16H32N2O2. The molecule has 0 spiro atoms. The summed E-state index contributed by atoms with van der Waals surface area (Å²) in [7, 11) is 0. The average Bonchev–Trinajstić information content (AvgIpc) is 2.93. The number of urea groups is 1. The third-order valence-corrected chi connectivity index (χ3v) is 3.98. The molecule has 0 bridgehead atoms. The molecule has 1 aliphatic heterocycles. The van der Waals surface area contributed by atoms with E-state index >= 15 is 0 Å². The van der Waals surface area contributed by atoms with Crippen LogP contribution < -0.4 is 5.32 Å². The lowest BCUT2D eigenvalue weighted by Crippen LogP contribution is -2.46. The van der Waals surface area contributed by atoms with Gasteiger partial charge in [0, 0.05) is 25.7 Å². The first-order valence-electron chi connectivity index (χ1n) is 8.34. The number of carbonyl (C=O) groups excluding carboxylic acids is 1. The number of nitrogens with one attached hydrogen (secondary N) is 1. The van der Waals surface area contributed by atoms with Crippen LogP contribution in [0.2, 0.25) is 0 Å². The molecule has 1 rings (SSSR count). The standard InChI is InChI=1S/C16H32N2O2/c1-4-6-7-8-10-14(3)17-16(19)18(5-2)13-15-11-9-12-20-15/h14-15H,4-13H2,1-3H3,(H,17,19). The number of rotatable bonds is 9. The summed E-state index contributed by atoms with van der Waals surface area (Å²) in [5.41, 5.74) is 0. The maximum absolute atomic E-state index is 12.2. The highest BCUT2D eigenvalue weighted by atomic mass is 16.5. The van der Waals surface area contributed by atoms with Gasteiger partial charge in [0.05, 0.1) is 6.10 Å². The van der Waals surface area contributed by atoms with Gasteiger partial charge in [-0.2, -0.15) is 0 Å². The zero-order valence-corrected chi connectivity index (χ0v) is 13.5. The Morgan fingerprint density at radius 2 is 2.15 bits per heavy atom. The first-order chi connectivity index (χ1) is 9.67. The molecule has 2 atom stereocenters. The summed E-state index contributed by atoms with van der Waals surface area (Å²) in [6, 6.07) is 0.323. The molecule has 4 nitrogen and oxygen atoms in total. The number of hydrogen-bond acceptors (Lipinski definition) is 2. The maximum atomic E-state index is 12.2. The van der Waals surface area contributed by atoms with Crippen molar-refractivity contribution in [2.75, 3.05) is 19.7 Å². The van der Waals surface area contributed by atoms with Crippen LogP contribution in [-0.4, -0.2) is 42.8 Å². The number of amides is 2. The zero-order chi connectivity index (χ0) is 14.8. The van der Waals surface area contributed by atoms with Crippen molar-refractivity contribution >= 4 is 6.03 Å². The number of likely N-dealkylation sites (N-methyl/N-ethyl adjacent to an activating group) is 1. The smallest absolute Gasteiger partial charge is 0.317 e. The molecule has 1 fully saturated rings. The summed E-state index contributed by atoms with van der Waals surface area (Å²) in [5.74, 6) is 0. The molecule has 118 valence electrons. The minimum Gasteiger partial charge on any atom is -0.376 e. The van der Waals surface area contributed by atoms with Gasteiger partial charge in [0.1, 0.15) is 0 Å². The highest BCUT2D eigenvalue weighted by Crippen LogP contribution is 2.13. The van der Waals surface area contributed by atoms with E-state index in [1.54, 1.807) is 0 Å². The summed E-state index contributed by atoms with van der Waals surface area (Å²) < 4.78 is 5.61. The fourth-order valence-electron chi connectivity index (χ4n) is 2.64. The monoisotopic (exact) mass is 284 g/mol. The van der Waals surface area contributed by atoms with E-state index in [1.165, 1.54) is 25.7 Å². The minimum atomic E-state index is 0.0611. The molecule has 2 unspecified atom stereocenters. The number of ether oxygens (including phenoxy) is 1. The van der Waals surface area contributed by atoms with Crippen molar-refractivity contribution in [2.45, 2.75) is 77.9 Å². The van der Waals surface area contributed by atoms with Crippen LogP contribution in [-0.2, 0) is 4.74 Å². The first kappa shape index (κ1) is 17.3. The van der Waals surface area contributed by atoms with Crippen molar-refractivity contribution in [3.8, 4) is 0 Å². The second kappa shape index (κ2) is 10.0. The molecule has 0 aromatic rings. The van der Waals surface area contributed by atoms with Gasteiger partial charge in [-0.3, -0.25) is 0 Å². The van der Waals surface area contributed by atoms with Crippen LogP contribution in [0, 0.1) is 0 Å². The molecule has 4 heteroatoms. The summed E-state index contributed by atoms with van der Waals surface area (Å²) in [4.78, 5) is 14.1. The van der Waals surface area contributed by atoms with Crippen LogP contribution in [0.5, 0.6) is 0 Å². The van der Waals surface area contributed by atoms with Gasteiger partial charge in [-0.05, 0) is 33.1 Å². The number of hydrogen-bond donors (Lipinski definition) is 1. The third-order valence-electron chi connectivity index (χ3n) is 3.98. The largest absolute Gasteiger partial charge is 0.376 e. The highest BCUT2D eigenvalue weighted by molar-refractivity contribution is 5.74. The normalized spacial score (nSPS) is 19.9. The van der Waals surface area contributed by atoms with E-state index in [2.05, 4.69) is 19.2 Å². The summed E-state index contributed by atoms with van der Waals surface area (Å²) >= 11 is 0. The Labute approximate surface area is 124 Å². The van der Waals surface area contributed by atoms with Gasteiger partial charge in [0.25, 0.3) is 0 Å². The molecule has 0 aromatic heterocycles. The van der Waals surface area contributed by atoms with Crippen LogP contribution in [0.25, 0.3) is 0 Å². The van der Waals surface area contributed by atoms with Gasteiger partial charge in [-0.25, -0.2) is 4.79 Å². The van der Waals surface area contributed by atoms with E-state index in [0.717, 1.165) is 39.0 Å². The first-order valence-corrected chi connectivity index (χ1v) is 8.34. The van der Waals surface area contributed by atoms with Crippen LogP contribution in [0.4, 0.5) is 4.79 Å². The summed E-state index contributed by atoms with van der Waals surface area (Å²) in [6.45, 7) is 8.66. The summed E-state index contributed by atoms with van der Waals surface area (Å²) in [5, 5.41) is 3.11. The van der Waals surface area contributed by atoms with E-state index in [1.807, 2.05) is 11.8 Å². The molecule has 0 radical (unpaired) electrons.